The maximum Gasteiger partial charge on any atom is 0.291 e. The molecule has 1 aromatic carbocycles. The van der Waals surface area contributed by atoms with Gasteiger partial charge in [0.05, 0.1) is 0 Å². The van der Waals surface area contributed by atoms with Gasteiger partial charge < -0.3 is 10.1 Å². The van der Waals surface area contributed by atoms with Crippen LogP contribution in [0.5, 0.6) is 0 Å². The normalized spacial score (nSPS) is 18.3. The molecule has 0 bridgehead atoms. The third-order valence-corrected chi connectivity index (χ3v) is 4.66. The van der Waals surface area contributed by atoms with Gasteiger partial charge in [-0.1, -0.05) is 31.2 Å². The van der Waals surface area contributed by atoms with Crippen molar-refractivity contribution in [3.05, 3.63) is 45.5 Å². The first-order valence-electron chi connectivity index (χ1n) is 8.68. The summed E-state index contributed by atoms with van der Waals surface area (Å²) in [7, 11) is 0. The highest BCUT2D eigenvalue weighted by Gasteiger charge is 2.24. The van der Waals surface area contributed by atoms with Crippen molar-refractivity contribution in [2.75, 3.05) is 13.1 Å². The van der Waals surface area contributed by atoms with E-state index in [-0.39, 0.29) is 5.92 Å². The van der Waals surface area contributed by atoms with Gasteiger partial charge in [0.2, 0.25) is 5.91 Å². The number of carbonyl (C=O) groups excluding carboxylic acids is 1. The third-order valence-electron chi connectivity index (χ3n) is 4.66. The van der Waals surface area contributed by atoms with Crippen LogP contribution in [0.4, 0.5) is 0 Å². The SMILES string of the molecule is CC(Cc1ccc(C2CC2)cc1)C(=O)N1CCCCC1.O=[N+]([O-])O. The summed E-state index contributed by atoms with van der Waals surface area (Å²) in [4.78, 5) is 22.8. The molecule has 6 heteroatoms. The van der Waals surface area contributed by atoms with Crippen molar-refractivity contribution in [3.63, 3.8) is 0 Å². The van der Waals surface area contributed by atoms with Crippen LogP contribution >= 0.6 is 0 Å². The Morgan fingerprint density at radius 3 is 2.29 bits per heavy atom. The van der Waals surface area contributed by atoms with Crippen LogP contribution in [0.3, 0.4) is 0 Å². The zero-order chi connectivity index (χ0) is 17.5. The summed E-state index contributed by atoms with van der Waals surface area (Å²) < 4.78 is 0. The summed E-state index contributed by atoms with van der Waals surface area (Å²) in [5.41, 5.74) is 2.77. The maximum atomic E-state index is 12.4. The lowest BCUT2D eigenvalue weighted by molar-refractivity contribution is -0.742. The molecule has 1 N–H and O–H groups in total. The summed E-state index contributed by atoms with van der Waals surface area (Å²) in [6.07, 6.45) is 7.20. The average molecular weight is 334 g/mol. The number of hydrogen-bond acceptors (Lipinski definition) is 3. The van der Waals surface area contributed by atoms with Crippen molar-refractivity contribution in [2.45, 2.75) is 51.4 Å². The summed E-state index contributed by atoms with van der Waals surface area (Å²) in [6, 6.07) is 8.94. The van der Waals surface area contributed by atoms with E-state index in [0.717, 1.165) is 25.4 Å². The van der Waals surface area contributed by atoms with Crippen molar-refractivity contribution in [1.29, 1.82) is 0 Å². The Morgan fingerprint density at radius 1 is 1.25 bits per heavy atom. The highest BCUT2D eigenvalue weighted by Crippen LogP contribution is 2.39. The van der Waals surface area contributed by atoms with Gasteiger partial charge in [0.15, 0.2) is 0 Å². The molecule has 24 heavy (non-hydrogen) atoms. The number of likely N-dealkylation sites (tertiary alicyclic amines) is 1. The molecule has 1 heterocycles. The van der Waals surface area contributed by atoms with Crippen LogP contribution in [0.15, 0.2) is 24.3 Å². The van der Waals surface area contributed by atoms with E-state index >= 15 is 0 Å². The zero-order valence-corrected chi connectivity index (χ0v) is 14.2. The fourth-order valence-corrected chi connectivity index (χ4v) is 3.21. The lowest BCUT2D eigenvalue weighted by Crippen LogP contribution is -2.39. The van der Waals surface area contributed by atoms with E-state index in [4.69, 9.17) is 15.3 Å². The van der Waals surface area contributed by atoms with Gasteiger partial charge in [-0.05, 0) is 55.6 Å². The first kappa shape index (κ1) is 18.2. The van der Waals surface area contributed by atoms with Crippen molar-refractivity contribution in [2.24, 2.45) is 5.92 Å². The molecule has 1 saturated heterocycles. The van der Waals surface area contributed by atoms with Gasteiger partial charge in [-0.2, -0.15) is 0 Å². The Morgan fingerprint density at radius 2 is 1.79 bits per heavy atom. The van der Waals surface area contributed by atoms with Crippen LogP contribution in [0.25, 0.3) is 0 Å². The molecule has 0 aromatic heterocycles. The van der Waals surface area contributed by atoms with Crippen molar-refractivity contribution in [1.82, 2.24) is 4.90 Å². The van der Waals surface area contributed by atoms with E-state index in [9.17, 15) is 4.79 Å². The first-order chi connectivity index (χ1) is 11.5. The molecule has 3 rings (SSSR count). The van der Waals surface area contributed by atoms with Gasteiger partial charge in [0, 0.05) is 19.0 Å². The molecule has 0 spiro atoms. The number of rotatable bonds is 4. The highest BCUT2D eigenvalue weighted by molar-refractivity contribution is 5.78. The molecule has 6 nitrogen and oxygen atoms in total. The minimum atomic E-state index is -1.50. The highest BCUT2D eigenvalue weighted by atomic mass is 16.9. The fourth-order valence-electron chi connectivity index (χ4n) is 3.21. The topological polar surface area (TPSA) is 83.7 Å². The van der Waals surface area contributed by atoms with Crippen LogP contribution in [0, 0.1) is 16.0 Å². The molecule has 2 aliphatic rings. The Labute approximate surface area is 142 Å². The van der Waals surface area contributed by atoms with Crippen molar-refractivity contribution >= 4 is 5.91 Å². The number of piperidine rings is 1. The quantitative estimate of drug-likeness (QED) is 0.675. The predicted octanol–water partition coefficient (Wildman–Crippen LogP) is 3.41. The average Bonchev–Trinajstić information content (AvgIpc) is 3.40. The second-order valence-electron chi connectivity index (χ2n) is 6.74. The molecule has 1 atom stereocenters. The molecule has 1 aliphatic heterocycles. The second kappa shape index (κ2) is 8.66. The van der Waals surface area contributed by atoms with Gasteiger partial charge >= 0.3 is 0 Å². The standard InChI is InChI=1S/C18H25NO.HNO3/c1-14(18(20)19-11-3-2-4-12-19)13-15-5-7-16(8-6-15)17-9-10-17;2-1(3)4/h5-8,14,17H,2-4,9-13H2,1H3;(H,2,3,4). The molecule has 1 aliphatic carbocycles. The largest absolute Gasteiger partial charge is 0.342 e. The molecule has 0 radical (unpaired) electrons. The van der Waals surface area contributed by atoms with Crippen LogP contribution in [0.1, 0.15) is 56.1 Å². The number of benzene rings is 1. The minimum absolute atomic E-state index is 0.111. The van der Waals surface area contributed by atoms with Gasteiger partial charge in [0.25, 0.3) is 5.09 Å². The van der Waals surface area contributed by atoms with Gasteiger partial charge in [0.1, 0.15) is 0 Å². The van der Waals surface area contributed by atoms with E-state index in [1.54, 1.807) is 0 Å². The Kier molecular flexibility index (Phi) is 6.58. The maximum absolute atomic E-state index is 12.4. The van der Waals surface area contributed by atoms with E-state index in [2.05, 4.69) is 36.1 Å². The smallest absolute Gasteiger partial charge is 0.291 e. The molecule has 1 amide bonds. The second-order valence-corrected chi connectivity index (χ2v) is 6.74. The third kappa shape index (κ3) is 5.83. The first-order valence-corrected chi connectivity index (χ1v) is 8.68. The number of nitrogens with zero attached hydrogens (tertiary/aromatic N) is 2. The van der Waals surface area contributed by atoms with Crippen LogP contribution in [-0.2, 0) is 11.2 Å². The predicted molar refractivity (Wildman–Crippen MR) is 90.5 cm³/mol. The van der Waals surface area contributed by atoms with Gasteiger partial charge in [-0.25, -0.2) is 0 Å². The lowest BCUT2D eigenvalue weighted by atomic mass is 9.97. The van der Waals surface area contributed by atoms with Crippen molar-refractivity contribution < 1.29 is 15.1 Å². The van der Waals surface area contributed by atoms with Crippen LogP contribution in [-0.4, -0.2) is 34.2 Å². The molecule has 2 fully saturated rings. The van der Waals surface area contributed by atoms with Crippen molar-refractivity contribution in [3.8, 4) is 0 Å². The molecule has 1 saturated carbocycles. The number of hydrogen-bond donors (Lipinski definition) is 1. The Hall–Kier alpha value is -2.11. The van der Waals surface area contributed by atoms with E-state index < -0.39 is 5.09 Å². The van der Waals surface area contributed by atoms with Crippen LogP contribution in [0.2, 0.25) is 0 Å². The van der Waals surface area contributed by atoms with Crippen LogP contribution < -0.4 is 0 Å². The van der Waals surface area contributed by atoms with E-state index in [1.807, 2.05) is 0 Å². The van der Waals surface area contributed by atoms with Gasteiger partial charge in [-0.3, -0.25) is 4.79 Å². The summed E-state index contributed by atoms with van der Waals surface area (Å²) in [6.45, 7) is 4.00. The molecular formula is C18H26N2O4. The summed E-state index contributed by atoms with van der Waals surface area (Å²) in [5, 5.41) is 13.6. The fraction of sp³-hybridized carbons (Fsp3) is 0.611. The Bertz CT molecular complexity index is 545. The Balaban J connectivity index is 0.000000471. The zero-order valence-electron chi connectivity index (χ0n) is 14.2. The summed E-state index contributed by atoms with van der Waals surface area (Å²) >= 11 is 0. The van der Waals surface area contributed by atoms with Gasteiger partial charge in [-0.15, -0.1) is 10.1 Å². The molecular weight excluding hydrogens is 308 g/mol. The summed E-state index contributed by atoms with van der Waals surface area (Å²) in [5.74, 6) is 1.27. The number of carbonyl (C=O) groups is 1. The monoisotopic (exact) mass is 334 g/mol. The molecule has 1 unspecified atom stereocenters. The molecule has 1 aromatic rings. The lowest BCUT2D eigenvalue weighted by Gasteiger charge is -2.29. The van der Waals surface area contributed by atoms with E-state index in [1.165, 1.54) is 43.2 Å². The van der Waals surface area contributed by atoms with E-state index in [0.29, 0.717) is 5.91 Å². The number of amides is 1. The minimum Gasteiger partial charge on any atom is -0.342 e. The molecule has 132 valence electrons.